The van der Waals surface area contributed by atoms with E-state index in [2.05, 4.69) is 80.9 Å². The van der Waals surface area contributed by atoms with E-state index in [1.54, 1.807) is 0 Å². The standard InChI is InChI=1S/C17H21N/c1-14-13-18-12-5-4-8-16(14)15-7-6-10-17(2,3)11-9-15/h4-11,13,18H,12H2,1-3H3/b5-4+,14-13-,16-8+. The Hall–Kier alpha value is -1.76. The van der Waals surface area contributed by atoms with Crippen LogP contribution in [-0.2, 0) is 0 Å². The molecule has 1 N–H and O–H groups in total. The zero-order valence-corrected chi connectivity index (χ0v) is 11.4. The van der Waals surface area contributed by atoms with Crippen molar-refractivity contribution in [3.63, 3.8) is 0 Å². The summed E-state index contributed by atoms with van der Waals surface area (Å²) in [6.07, 6.45) is 19.6. The molecule has 0 saturated carbocycles. The summed E-state index contributed by atoms with van der Waals surface area (Å²) in [5.41, 5.74) is 3.94. The number of allylic oxidation sites excluding steroid dienone is 10. The normalized spacial score (nSPS) is 29.6. The molecule has 2 aliphatic rings. The third kappa shape index (κ3) is 3.13. The van der Waals surface area contributed by atoms with E-state index >= 15 is 0 Å². The van der Waals surface area contributed by atoms with Gasteiger partial charge in [0.25, 0.3) is 0 Å². The van der Waals surface area contributed by atoms with Crippen LogP contribution in [0.4, 0.5) is 0 Å². The first-order valence-corrected chi connectivity index (χ1v) is 6.45. The van der Waals surface area contributed by atoms with Gasteiger partial charge in [0.1, 0.15) is 0 Å². The third-order valence-corrected chi connectivity index (χ3v) is 3.18. The Kier molecular flexibility index (Phi) is 3.71. The van der Waals surface area contributed by atoms with Crippen LogP contribution in [0.3, 0.4) is 0 Å². The molecular formula is C17H21N. The number of hydrogen-bond acceptors (Lipinski definition) is 1. The topological polar surface area (TPSA) is 12.0 Å². The fraction of sp³-hybridized carbons (Fsp3) is 0.294. The average Bonchev–Trinajstić information content (AvgIpc) is 2.46. The summed E-state index contributed by atoms with van der Waals surface area (Å²) < 4.78 is 0. The molecule has 0 fully saturated rings. The first kappa shape index (κ1) is 12.7. The third-order valence-electron chi connectivity index (χ3n) is 3.18. The molecule has 0 radical (unpaired) electrons. The van der Waals surface area contributed by atoms with E-state index in [0.29, 0.717) is 0 Å². The highest BCUT2D eigenvalue weighted by Gasteiger charge is 2.12. The van der Waals surface area contributed by atoms with Crippen molar-refractivity contribution in [3.05, 3.63) is 71.5 Å². The summed E-state index contributed by atoms with van der Waals surface area (Å²) in [6.45, 7) is 7.47. The van der Waals surface area contributed by atoms with Crippen LogP contribution in [-0.4, -0.2) is 6.54 Å². The fourth-order valence-corrected chi connectivity index (χ4v) is 2.04. The molecule has 0 saturated heterocycles. The van der Waals surface area contributed by atoms with Gasteiger partial charge < -0.3 is 5.32 Å². The van der Waals surface area contributed by atoms with E-state index in [1.807, 2.05) is 0 Å². The highest BCUT2D eigenvalue weighted by molar-refractivity contribution is 5.54. The summed E-state index contributed by atoms with van der Waals surface area (Å²) in [7, 11) is 0. The van der Waals surface area contributed by atoms with Crippen molar-refractivity contribution in [2.45, 2.75) is 20.8 Å². The number of nitrogens with one attached hydrogen (secondary N) is 1. The maximum atomic E-state index is 3.28. The smallest absolute Gasteiger partial charge is 0.0328 e. The molecule has 0 spiro atoms. The van der Waals surface area contributed by atoms with Gasteiger partial charge in [-0.15, -0.1) is 0 Å². The molecule has 1 nitrogen and oxygen atoms in total. The minimum atomic E-state index is 0.131. The lowest BCUT2D eigenvalue weighted by Crippen LogP contribution is -2.07. The molecule has 1 heteroatoms. The Morgan fingerprint density at radius 3 is 2.78 bits per heavy atom. The summed E-state index contributed by atoms with van der Waals surface area (Å²) in [5.74, 6) is 0. The molecule has 1 aliphatic carbocycles. The number of hydrogen-bond donors (Lipinski definition) is 1. The van der Waals surface area contributed by atoms with E-state index in [0.717, 1.165) is 6.54 Å². The summed E-state index contributed by atoms with van der Waals surface area (Å²) in [4.78, 5) is 0. The summed E-state index contributed by atoms with van der Waals surface area (Å²) in [5, 5.41) is 3.28. The van der Waals surface area contributed by atoms with Gasteiger partial charge in [-0.25, -0.2) is 0 Å². The van der Waals surface area contributed by atoms with Gasteiger partial charge in [0.05, 0.1) is 0 Å². The zero-order chi connectivity index (χ0) is 13.0. The second-order valence-corrected chi connectivity index (χ2v) is 5.38. The molecule has 0 atom stereocenters. The Labute approximate surface area is 110 Å². The Bertz CT molecular complexity index is 494. The minimum absolute atomic E-state index is 0.131. The van der Waals surface area contributed by atoms with Crippen LogP contribution in [0.2, 0.25) is 0 Å². The predicted octanol–water partition coefficient (Wildman–Crippen LogP) is 4.05. The molecule has 0 aromatic rings. The van der Waals surface area contributed by atoms with Gasteiger partial charge in [-0.3, -0.25) is 0 Å². The SMILES string of the molecule is CC1=C/NC/C=C/C=C\1C1=CC=CC(C)(C)C=C1. The van der Waals surface area contributed by atoms with Crippen LogP contribution < -0.4 is 5.32 Å². The van der Waals surface area contributed by atoms with Gasteiger partial charge in [0.15, 0.2) is 0 Å². The van der Waals surface area contributed by atoms with Gasteiger partial charge in [-0.2, -0.15) is 0 Å². The van der Waals surface area contributed by atoms with Crippen LogP contribution in [0.1, 0.15) is 20.8 Å². The Balaban J connectivity index is 2.36. The molecule has 18 heavy (non-hydrogen) atoms. The van der Waals surface area contributed by atoms with Crippen molar-refractivity contribution in [1.82, 2.24) is 5.32 Å². The second-order valence-electron chi connectivity index (χ2n) is 5.38. The fourth-order valence-electron chi connectivity index (χ4n) is 2.04. The van der Waals surface area contributed by atoms with Crippen LogP contribution >= 0.6 is 0 Å². The van der Waals surface area contributed by atoms with Crippen LogP contribution in [0.15, 0.2) is 71.5 Å². The van der Waals surface area contributed by atoms with Gasteiger partial charge in [0.2, 0.25) is 0 Å². The largest absolute Gasteiger partial charge is 0.387 e. The van der Waals surface area contributed by atoms with E-state index < -0.39 is 0 Å². The maximum Gasteiger partial charge on any atom is 0.0328 e. The van der Waals surface area contributed by atoms with Crippen molar-refractivity contribution < 1.29 is 0 Å². The van der Waals surface area contributed by atoms with E-state index in [-0.39, 0.29) is 5.41 Å². The van der Waals surface area contributed by atoms with Crippen LogP contribution in [0.25, 0.3) is 0 Å². The lowest BCUT2D eigenvalue weighted by atomic mass is 9.92. The molecule has 0 aromatic carbocycles. The van der Waals surface area contributed by atoms with Crippen molar-refractivity contribution in [2.75, 3.05) is 6.54 Å². The summed E-state index contributed by atoms with van der Waals surface area (Å²) in [6, 6.07) is 0. The zero-order valence-electron chi connectivity index (χ0n) is 11.4. The highest BCUT2D eigenvalue weighted by Crippen LogP contribution is 2.28. The molecule has 94 valence electrons. The molecular weight excluding hydrogens is 218 g/mol. The van der Waals surface area contributed by atoms with Gasteiger partial charge in [0, 0.05) is 18.2 Å². The van der Waals surface area contributed by atoms with Gasteiger partial charge in [-0.1, -0.05) is 62.5 Å². The first-order valence-electron chi connectivity index (χ1n) is 6.45. The lowest BCUT2D eigenvalue weighted by molar-refractivity contribution is 0.627. The van der Waals surface area contributed by atoms with Gasteiger partial charge in [-0.05, 0) is 23.6 Å². The first-order chi connectivity index (χ1) is 8.58. The lowest BCUT2D eigenvalue weighted by Gasteiger charge is -2.14. The van der Waals surface area contributed by atoms with Crippen molar-refractivity contribution in [3.8, 4) is 0 Å². The molecule has 1 heterocycles. The monoisotopic (exact) mass is 239 g/mol. The second kappa shape index (κ2) is 5.26. The van der Waals surface area contributed by atoms with E-state index in [9.17, 15) is 0 Å². The summed E-state index contributed by atoms with van der Waals surface area (Å²) >= 11 is 0. The van der Waals surface area contributed by atoms with Crippen molar-refractivity contribution in [1.29, 1.82) is 0 Å². The molecule has 0 bridgehead atoms. The highest BCUT2D eigenvalue weighted by atomic mass is 14.8. The van der Waals surface area contributed by atoms with Gasteiger partial charge >= 0.3 is 0 Å². The minimum Gasteiger partial charge on any atom is -0.387 e. The van der Waals surface area contributed by atoms with Crippen LogP contribution in [0.5, 0.6) is 0 Å². The predicted molar refractivity (Wildman–Crippen MR) is 79.1 cm³/mol. The molecule has 1 aliphatic heterocycles. The molecule has 0 aromatic heterocycles. The van der Waals surface area contributed by atoms with Crippen molar-refractivity contribution in [2.24, 2.45) is 5.41 Å². The Morgan fingerprint density at radius 2 is 1.94 bits per heavy atom. The Morgan fingerprint density at radius 1 is 1.11 bits per heavy atom. The van der Waals surface area contributed by atoms with Crippen molar-refractivity contribution >= 4 is 0 Å². The molecule has 0 unspecified atom stereocenters. The molecule has 0 amide bonds. The van der Waals surface area contributed by atoms with E-state index in [1.165, 1.54) is 16.7 Å². The number of rotatable bonds is 1. The quantitative estimate of drug-likeness (QED) is 0.727. The molecule has 2 rings (SSSR count). The maximum absolute atomic E-state index is 3.28. The van der Waals surface area contributed by atoms with Crippen LogP contribution in [0, 0.1) is 5.41 Å². The average molecular weight is 239 g/mol. The van der Waals surface area contributed by atoms with E-state index in [4.69, 9.17) is 0 Å².